The van der Waals surface area contributed by atoms with Crippen LogP contribution in [0.4, 0.5) is 18.9 Å². The highest BCUT2D eigenvalue weighted by atomic mass is 19.4. The van der Waals surface area contributed by atoms with E-state index in [1.165, 1.54) is 12.1 Å². The first-order valence-corrected chi connectivity index (χ1v) is 7.96. The number of hydrogen-bond acceptors (Lipinski definition) is 2. The average molecular weight is 339 g/mol. The van der Waals surface area contributed by atoms with E-state index in [1.54, 1.807) is 0 Å². The fourth-order valence-corrected chi connectivity index (χ4v) is 4.38. The smallest absolute Gasteiger partial charge is 0.326 e. The van der Waals surface area contributed by atoms with Crippen molar-refractivity contribution in [3.05, 3.63) is 29.8 Å². The number of anilines is 1. The fourth-order valence-electron chi connectivity index (χ4n) is 4.38. The predicted octanol–water partition coefficient (Wildman–Crippen LogP) is 4.43. The summed E-state index contributed by atoms with van der Waals surface area (Å²) in [6, 6.07) is 4.58. The van der Waals surface area contributed by atoms with Gasteiger partial charge in [-0.1, -0.05) is 26.8 Å². The van der Waals surface area contributed by atoms with Gasteiger partial charge in [0.15, 0.2) is 0 Å². The molecular formula is C18H20F3NO2. The summed E-state index contributed by atoms with van der Waals surface area (Å²) in [6.07, 6.45) is -3.10. The van der Waals surface area contributed by atoms with Crippen LogP contribution >= 0.6 is 0 Å². The predicted molar refractivity (Wildman–Crippen MR) is 83.3 cm³/mol. The molecule has 2 atom stereocenters. The second-order valence-electron chi connectivity index (χ2n) is 7.67. The first-order valence-electron chi connectivity index (χ1n) is 7.96. The number of alkyl halides is 3. The minimum Gasteiger partial charge on any atom is -0.326 e. The van der Waals surface area contributed by atoms with Crippen molar-refractivity contribution in [1.82, 2.24) is 0 Å². The van der Waals surface area contributed by atoms with Gasteiger partial charge in [-0.25, -0.2) is 0 Å². The van der Waals surface area contributed by atoms with E-state index in [1.807, 2.05) is 20.8 Å². The maximum atomic E-state index is 12.9. The molecule has 2 saturated carbocycles. The molecule has 2 aliphatic rings. The number of hydrogen-bond donors (Lipinski definition) is 1. The van der Waals surface area contributed by atoms with Gasteiger partial charge in [0, 0.05) is 17.5 Å². The van der Waals surface area contributed by atoms with E-state index >= 15 is 0 Å². The maximum Gasteiger partial charge on any atom is 0.416 e. The Balaban J connectivity index is 1.90. The highest BCUT2D eigenvalue weighted by Gasteiger charge is 2.72. The van der Waals surface area contributed by atoms with E-state index < -0.39 is 28.0 Å². The van der Waals surface area contributed by atoms with Gasteiger partial charge >= 0.3 is 6.18 Å². The Bertz CT molecular complexity index is 725. The number of benzene rings is 1. The van der Waals surface area contributed by atoms with Crippen molar-refractivity contribution in [1.29, 1.82) is 0 Å². The van der Waals surface area contributed by atoms with Crippen LogP contribution in [0.2, 0.25) is 0 Å². The normalized spacial score (nSPS) is 31.3. The van der Waals surface area contributed by atoms with Gasteiger partial charge in [0.1, 0.15) is 5.78 Å². The van der Waals surface area contributed by atoms with E-state index in [4.69, 9.17) is 0 Å². The Morgan fingerprint density at radius 1 is 1.17 bits per heavy atom. The molecule has 0 unspecified atom stereocenters. The molecule has 1 aromatic rings. The minimum atomic E-state index is -4.46. The lowest BCUT2D eigenvalue weighted by Gasteiger charge is -2.38. The van der Waals surface area contributed by atoms with E-state index in [-0.39, 0.29) is 23.8 Å². The quantitative estimate of drug-likeness (QED) is 0.866. The van der Waals surface area contributed by atoms with Crippen LogP contribution in [0.15, 0.2) is 24.3 Å². The topological polar surface area (TPSA) is 46.2 Å². The van der Waals surface area contributed by atoms with Crippen LogP contribution < -0.4 is 5.32 Å². The lowest BCUT2D eigenvalue weighted by Crippen LogP contribution is -2.43. The Labute approximate surface area is 138 Å². The molecule has 3 nitrogen and oxygen atoms in total. The first-order chi connectivity index (χ1) is 10.9. The number of Topliss-reactive ketones (excluding diaryl/α,β-unsaturated/α-hetero) is 1. The number of fused-ring (bicyclic) bond motifs is 2. The van der Waals surface area contributed by atoms with Gasteiger partial charge in [-0.15, -0.1) is 0 Å². The van der Waals surface area contributed by atoms with E-state index in [9.17, 15) is 22.8 Å². The molecule has 2 fully saturated rings. The summed E-state index contributed by atoms with van der Waals surface area (Å²) in [5.74, 6) is -0.292. The van der Waals surface area contributed by atoms with Gasteiger partial charge in [0.05, 0.1) is 11.0 Å². The molecule has 0 heterocycles. The fraction of sp³-hybridized carbons (Fsp3) is 0.556. The number of nitrogens with one attached hydrogen (secondary N) is 1. The molecule has 0 aromatic heterocycles. The van der Waals surface area contributed by atoms with Crippen molar-refractivity contribution in [3.63, 3.8) is 0 Å². The molecule has 130 valence electrons. The summed E-state index contributed by atoms with van der Waals surface area (Å²) in [7, 11) is 0. The summed E-state index contributed by atoms with van der Waals surface area (Å²) in [5, 5.41) is 2.62. The number of amides is 1. The largest absolute Gasteiger partial charge is 0.416 e. The number of carbonyl (C=O) groups is 2. The maximum absolute atomic E-state index is 12.9. The van der Waals surface area contributed by atoms with Crippen molar-refractivity contribution in [2.45, 2.75) is 46.2 Å². The van der Waals surface area contributed by atoms with Crippen molar-refractivity contribution >= 4 is 17.4 Å². The molecule has 6 heteroatoms. The number of halogens is 3. The Kier molecular flexibility index (Phi) is 3.42. The first kappa shape index (κ1) is 17.0. The molecular weight excluding hydrogens is 319 g/mol. The minimum absolute atomic E-state index is 0.0675. The molecule has 1 amide bonds. The van der Waals surface area contributed by atoms with Gasteiger partial charge in [-0.05, 0) is 36.5 Å². The molecule has 24 heavy (non-hydrogen) atoms. The monoisotopic (exact) mass is 339 g/mol. The zero-order valence-corrected chi connectivity index (χ0v) is 13.9. The third-order valence-electron chi connectivity index (χ3n) is 6.59. The summed E-state index contributed by atoms with van der Waals surface area (Å²) in [6.45, 7) is 5.72. The Morgan fingerprint density at radius 3 is 2.33 bits per heavy atom. The van der Waals surface area contributed by atoms with Gasteiger partial charge in [-0.3, -0.25) is 9.59 Å². The van der Waals surface area contributed by atoms with Crippen LogP contribution in [0.3, 0.4) is 0 Å². The van der Waals surface area contributed by atoms with E-state index in [0.29, 0.717) is 12.8 Å². The van der Waals surface area contributed by atoms with Crippen molar-refractivity contribution in [2.75, 3.05) is 5.32 Å². The number of ketones is 1. The van der Waals surface area contributed by atoms with Crippen LogP contribution in [0, 0.1) is 16.2 Å². The molecule has 0 radical (unpaired) electrons. The summed E-state index contributed by atoms with van der Waals surface area (Å²) in [5.41, 5.74) is -2.63. The zero-order valence-electron chi connectivity index (χ0n) is 13.9. The van der Waals surface area contributed by atoms with Gasteiger partial charge in [0.2, 0.25) is 5.91 Å². The SMILES string of the molecule is CC1(C)[C@]2(C(=O)Nc3cccc(C(F)(F)F)c3)CC[C@]1(C)C(=O)C2. The lowest BCUT2D eigenvalue weighted by atomic mass is 9.64. The highest BCUT2D eigenvalue weighted by molar-refractivity contribution is 6.04. The van der Waals surface area contributed by atoms with Crippen LogP contribution in [0.5, 0.6) is 0 Å². The van der Waals surface area contributed by atoms with Crippen LogP contribution in [0.25, 0.3) is 0 Å². The molecule has 3 rings (SSSR count). The average Bonchev–Trinajstić information content (AvgIpc) is 2.77. The highest BCUT2D eigenvalue weighted by Crippen LogP contribution is 2.70. The molecule has 0 aliphatic heterocycles. The summed E-state index contributed by atoms with van der Waals surface area (Å²) in [4.78, 5) is 25.3. The van der Waals surface area contributed by atoms with Gasteiger partial charge in [-0.2, -0.15) is 13.2 Å². The third kappa shape index (κ3) is 2.04. The third-order valence-corrected chi connectivity index (χ3v) is 6.59. The zero-order chi connectivity index (χ0) is 18.0. The van der Waals surface area contributed by atoms with Crippen LogP contribution in [-0.4, -0.2) is 11.7 Å². The van der Waals surface area contributed by atoms with E-state index in [2.05, 4.69) is 5.32 Å². The summed E-state index contributed by atoms with van der Waals surface area (Å²) < 4.78 is 38.5. The van der Waals surface area contributed by atoms with Crippen molar-refractivity contribution < 1.29 is 22.8 Å². The molecule has 0 saturated heterocycles. The van der Waals surface area contributed by atoms with Crippen molar-refractivity contribution in [2.24, 2.45) is 16.2 Å². The van der Waals surface area contributed by atoms with E-state index in [0.717, 1.165) is 12.1 Å². The number of carbonyl (C=O) groups excluding carboxylic acids is 2. The molecule has 2 bridgehead atoms. The molecule has 1 aromatic carbocycles. The van der Waals surface area contributed by atoms with Crippen LogP contribution in [-0.2, 0) is 15.8 Å². The lowest BCUT2D eigenvalue weighted by molar-refractivity contribution is -0.137. The van der Waals surface area contributed by atoms with Crippen molar-refractivity contribution in [3.8, 4) is 0 Å². The Hall–Kier alpha value is -1.85. The second kappa shape index (κ2) is 4.83. The Morgan fingerprint density at radius 2 is 1.83 bits per heavy atom. The molecule has 1 N–H and O–H groups in total. The van der Waals surface area contributed by atoms with Gasteiger partial charge < -0.3 is 5.32 Å². The molecule has 2 aliphatic carbocycles. The standard InChI is InChI=1S/C18H20F3NO2/c1-15(2)16(3)7-8-17(15,10-13(16)23)14(24)22-12-6-4-5-11(9-12)18(19,20)21/h4-6,9H,7-8,10H2,1-3H3,(H,22,24)/t16-,17-/m1/s1. The summed E-state index contributed by atoms with van der Waals surface area (Å²) >= 11 is 0. The molecule has 0 spiro atoms. The van der Waals surface area contributed by atoms with Gasteiger partial charge in [0.25, 0.3) is 0 Å². The second-order valence-corrected chi connectivity index (χ2v) is 7.67. The van der Waals surface area contributed by atoms with Crippen LogP contribution in [0.1, 0.15) is 45.6 Å². The number of rotatable bonds is 2.